The van der Waals surface area contributed by atoms with Crippen molar-refractivity contribution in [3.63, 3.8) is 0 Å². The molecule has 2 heterocycles. The van der Waals surface area contributed by atoms with E-state index in [1.165, 1.54) is 0 Å². The summed E-state index contributed by atoms with van der Waals surface area (Å²) in [5.41, 5.74) is 13.0. The molecule has 0 spiro atoms. The Kier molecular flexibility index (Phi) is 6.22. The van der Waals surface area contributed by atoms with E-state index in [1.807, 2.05) is 43.3 Å². The zero-order valence-corrected chi connectivity index (χ0v) is 19.4. The molecule has 1 aliphatic rings. The lowest BCUT2D eigenvalue weighted by atomic mass is 9.95. The van der Waals surface area contributed by atoms with Gasteiger partial charge in [-0.3, -0.25) is 4.79 Å². The zero-order valence-electron chi connectivity index (χ0n) is 19.4. The van der Waals surface area contributed by atoms with E-state index >= 15 is 0 Å². The largest absolute Gasteiger partial charge is 0.369 e. The summed E-state index contributed by atoms with van der Waals surface area (Å²) >= 11 is 0. The standard InChI is InChI=1S/C28H26N6O/c1-2-23(27(29)35)22-16-15-21-7-3-6-10-26(21)34(18-22)17-19-11-13-20(14-12-19)24-8-4-5-9-25(24)28-30-32-33-31-28/h3-16,18,23H,2,17H2,1H3,(H2,29,35)(H,30,31,32,33). The molecule has 35 heavy (non-hydrogen) atoms. The molecule has 1 aromatic heterocycles. The first kappa shape index (κ1) is 22.3. The number of primary amides is 1. The number of H-pyrrole nitrogens is 1. The van der Waals surface area contributed by atoms with Crippen LogP contribution in [0.2, 0.25) is 0 Å². The van der Waals surface area contributed by atoms with E-state index in [1.54, 1.807) is 0 Å². The summed E-state index contributed by atoms with van der Waals surface area (Å²) in [6.07, 6.45) is 6.78. The number of fused-ring (bicyclic) bond motifs is 1. The van der Waals surface area contributed by atoms with Gasteiger partial charge in [-0.15, -0.1) is 5.10 Å². The summed E-state index contributed by atoms with van der Waals surface area (Å²) in [6, 6.07) is 24.8. The molecule has 5 rings (SSSR count). The molecule has 7 nitrogen and oxygen atoms in total. The Labute approximate surface area is 204 Å². The second-order valence-electron chi connectivity index (χ2n) is 8.50. The van der Waals surface area contributed by atoms with Crippen LogP contribution in [0.25, 0.3) is 28.6 Å². The molecule has 0 bridgehead atoms. The predicted molar refractivity (Wildman–Crippen MR) is 138 cm³/mol. The number of benzene rings is 3. The Balaban J connectivity index is 1.46. The van der Waals surface area contributed by atoms with Crippen LogP contribution < -0.4 is 10.6 Å². The number of nitrogens with one attached hydrogen (secondary N) is 1. The number of carbonyl (C=O) groups is 1. The lowest BCUT2D eigenvalue weighted by molar-refractivity contribution is -0.120. The fourth-order valence-electron chi connectivity index (χ4n) is 4.51. The molecule has 3 aromatic carbocycles. The lowest BCUT2D eigenvalue weighted by Crippen LogP contribution is -2.25. The molecule has 0 saturated carbocycles. The van der Waals surface area contributed by atoms with Crippen LogP contribution in [0.5, 0.6) is 0 Å². The Morgan fingerprint density at radius 1 is 0.971 bits per heavy atom. The van der Waals surface area contributed by atoms with Crippen LogP contribution in [0.4, 0.5) is 5.69 Å². The lowest BCUT2D eigenvalue weighted by Gasteiger charge is -2.24. The van der Waals surface area contributed by atoms with Gasteiger partial charge in [0.25, 0.3) is 0 Å². The maximum atomic E-state index is 12.1. The molecule has 174 valence electrons. The molecule has 0 fully saturated rings. The van der Waals surface area contributed by atoms with Gasteiger partial charge >= 0.3 is 0 Å². The maximum Gasteiger partial charge on any atom is 0.225 e. The second kappa shape index (κ2) is 9.77. The van der Waals surface area contributed by atoms with Gasteiger partial charge in [-0.25, -0.2) is 5.10 Å². The van der Waals surface area contributed by atoms with Gasteiger partial charge in [0, 0.05) is 24.0 Å². The topological polar surface area (TPSA) is 101 Å². The number of nitrogens with two attached hydrogens (primary N) is 1. The normalized spacial score (nSPS) is 13.6. The first-order chi connectivity index (χ1) is 17.1. The van der Waals surface area contributed by atoms with Crippen LogP contribution in [0.1, 0.15) is 24.5 Å². The summed E-state index contributed by atoms with van der Waals surface area (Å²) in [4.78, 5) is 14.3. The van der Waals surface area contributed by atoms with E-state index in [2.05, 4.69) is 80.3 Å². The van der Waals surface area contributed by atoms with Crippen molar-refractivity contribution in [2.45, 2.75) is 19.9 Å². The quantitative estimate of drug-likeness (QED) is 0.404. The number of aromatic amines is 1. The minimum atomic E-state index is -0.326. The van der Waals surface area contributed by atoms with Crippen LogP contribution in [0, 0.1) is 5.92 Å². The molecule has 0 saturated heterocycles. The van der Waals surface area contributed by atoms with Gasteiger partial charge in [0.15, 0.2) is 5.82 Å². The highest BCUT2D eigenvalue weighted by Crippen LogP contribution is 2.32. The zero-order chi connectivity index (χ0) is 24.2. The Hall–Kier alpha value is -4.52. The molecule has 1 amide bonds. The van der Waals surface area contributed by atoms with Crippen molar-refractivity contribution >= 4 is 17.7 Å². The summed E-state index contributed by atoms with van der Waals surface area (Å²) in [5, 5.41) is 14.3. The van der Waals surface area contributed by atoms with E-state index in [-0.39, 0.29) is 11.8 Å². The van der Waals surface area contributed by atoms with E-state index in [9.17, 15) is 4.79 Å². The highest BCUT2D eigenvalue weighted by Gasteiger charge is 2.21. The van der Waals surface area contributed by atoms with Gasteiger partial charge in [0.2, 0.25) is 5.91 Å². The van der Waals surface area contributed by atoms with Gasteiger partial charge in [-0.1, -0.05) is 85.8 Å². The van der Waals surface area contributed by atoms with Crippen molar-refractivity contribution in [3.05, 3.63) is 102 Å². The van der Waals surface area contributed by atoms with Gasteiger partial charge in [0.1, 0.15) is 0 Å². The second-order valence-corrected chi connectivity index (χ2v) is 8.50. The number of para-hydroxylation sites is 1. The van der Waals surface area contributed by atoms with Crippen molar-refractivity contribution in [3.8, 4) is 22.5 Å². The number of allylic oxidation sites excluding steroid dienone is 1. The van der Waals surface area contributed by atoms with Gasteiger partial charge in [-0.2, -0.15) is 0 Å². The van der Waals surface area contributed by atoms with Crippen LogP contribution in [-0.4, -0.2) is 26.5 Å². The molecule has 1 atom stereocenters. The number of amides is 1. The third kappa shape index (κ3) is 4.61. The van der Waals surface area contributed by atoms with Crippen LogP contribution in [0.3, 0.4) is 0 Å². The molecule has 1 unspecified atom stereocenters. The third-order valence-electron chi connectivity index (χ3n) is 6.31. The summed E-state index contributed by atoms with van der Waals surface area (Å²) in [6.45, 7) is 2.64. The number of aromatic nitrogens is 4. The van der Waals surface area contributed by atoms with Crippen molar-refractivity contribution in [1.29, 1.82) is 0 Å². The Morgan fingerprint density at radius 2 is 1.71 bits per heavy atom. The molecule has 7 heteroatoms. The van der Waals surface area contributed by atoms with Gasteiger partial charge in [0.05, 0.1) is 5.92 Å². The van der Waals surface area contributed by atoms with Gasteiger partial charge in [-0.05, 0) is 50.7 Å². The average Bonchev–Trinajstić information content (AvgIpc) is 3.36. The molecule has 3 N–H and O–H groups in total. The molecule has 0 radical (unpaired) electrons. The molecule has 4 aromatic rings. The predicted octanol–water partition coefficient (Wildman–Crippen LogP) is 4.96. The first-order valence-electron chi connectivity index (χ1n) is 11.6. The number of rotatable bonds is 7. The van der Waals surface area contributed by atoms with Crippen molar-refractivity contribution < 1.29 is 4.79 Å². The van der Waals surface area contributed by atoms with E-state index in [0.717, 1.165) is 39.1 Å². The van der Waals surface area contributed by atoms with E-state index < -0.39 is 0 Å². The van der Waals surface area contributed by atoms with Crippen molar-refractivity contribution in [2.24, 2.45) is 11.7 Å². The van der Waals surface area contributed by atoms with Crippen LogP contribution >= 0.6 is 0 Å². The molecule has 0 aliphatic carbocycles. The minimum absolute atomic E-state index is 0.306. The smallest absolute Gasteiger partial charge is 0.225 e. The molecular weight excluding hydrogens is 436 g/mol. The first-order valence-corrected chi connectivity index (χ1v) is 11.6. The highest BCUT2D eigenvalue weighted by atomic mass is 16.1. The molecule has 1 aliphatic heterocycles. The van der Waals surface area contributed by atoms with Crippen LogP contribution in [0.15, 0.2) is 90.6 Å². The number of anilines is 1. The number of hydrogen-bond donors (Lipinski definition) is 2. The Bertz CT molecular complexity index is 1390. The van der Waals surface area contributed by atoms with Crippen LogP contribution in [-0.2, 0) is 11.3 Å². The summed E-state index contributed by atoms with van der Waals surface area (Å²) in [7, 11) is 0. The Morgan fingerprint density at radius 3 is 2.43 bits per heavy atom. The van der Waals surface area contributed by atoms with Crippen molar-refractivity contribution in [2.75, 3.05) is 4.90 Å². The van der Waals surface area contributed by atoms with Crippen molar-refractivity contribution in [1.82, 2.24) is 20.6 Å². The number of carbonyl (C=O) groups excluding carboxylic acids is 1. The number of tetrazole rings is 1. The number of nitrogens with zero attached hydrogens (tertiary/aromatic N) is 4. The summed E-state index contributed by atoms with van der Waals surface area (Å²) < 4.78 is 0. The van der Waals surface area contributed by atoms with Gasteiger partial charge < -0.3 is 10.6 Å². The summed E-state index contributed by atoms with van der Waals surface area (Å²) in [5.74, 6) is 0.00254. The number of hydrogen-bond acceptors (Lipinski definition) is 5. The monoisotopic (exact) mass is 462 g/mol. The average molecular weight is 463 g/mol. The maximum absolute atomic E-state index is 12.1. The molecular formula is C28H26N6O. The highest BCUT2D eigenvalue weighted by molar-refractivity contribution is 5.83. The van der Waals surface area contributed by atoms with E-state index in [4.69, 9.17) is 5.73 Å². The third-order valence-corrected chi connectivity index (χ3v) is 6.31. The minimum Gasteiger partial charge on any atom is -0.369 e. The fraction of sp³-hybridized carbons (Fsp3) is 0.143. The fourth-order valence-corrected chi connectivity index (χ4v) is 4.51. The van der Waals surface area contributed by atoms with E-state index in [0.29, 0.717) is 18.8 Å². The SMILES string of the molecule is CCC(C(N)=O)C1=CN(Cc2ccc(-c3ccccc3-c3nnn[nH]3)cc2)c2ccccc2C=C1.